The van der Waals surface area contributed by atoms with Gasteiger partial charge in [-0.1, -0.05) is 135 Å². The van der Waals surface area contributed by atoms with Crippen LogP contribution in [0, 0.1) is 0 Å². The van der Waals surface area contributed by atoms with Crippen LogP contribution >= 0.6 is 35.0 Å². The smallest absolute Gasteiger partial charge is 0.264 e. The normalized spacial score (nSPS) is 18.8. The molecule has 1 aliphatic rings. The number of thioether (sulfide) groups is 1. The molecule has 4 aromatic carbocycles. The van der Waals surface area contributed by atoms with E-state index in [1.54, 1.807) is 11.8 Å². The highest BCUT2D eigenvalue weighted by atomic mass is 35.5. The van der Waals surface area contributed by atoms with E-state index in [2.05, 4.69) is 67.8 Å². The van der Waals surface area contributed by atoms with Crippen molar-refractivity contribution in [1.29, 1.82) is 0 Å². The van der Waals surface area contributed by atoms with Gasteiger partial charge in [0.2, 0.25) is 0 Å². The Bertz CT molecular complexity index is 1930. The second kappa shape index (κ2) is 14.3. The van der Waals surface area contributed by atoms with E-state index >= 15 is 0 Å². The molecule has 0 radical (unpaired) electrons. The number of hydrogen-bond donors (Lipinski definition) is 0. The molecular weight excluding hydrogens is 702 g/mol. The van der Waals surface area contributed by atoms with Crippen LogP contribution in [0.1, 0.15) is 39.0 Å². The van der Waals surface area contributed by atoms with Crippen molar-refractivity contribution < 1.29 is 21.8 Å². The highest BCUT2D eigenvalue weighted by molar-refractivity contribution is 7.98. The number of ether oxygens (including phenoxy) is 1. The van der Waals surface area contributed by atoms with Gasteiger partial charge < -0.3 is 13.7 Å². The SMILES string of the molecule is CC(C)(C)[Si](OC[C@H]1O[C@@H](n2c(SCc3ccccc3)cc3cc(Cl)c(Cl)cc32)C[C@@H]1OS(C)(=O)=O)(c1ccccc1)c1ccccc1. The molecule has 0 aliphatic carbocycles. The predicted octanol–water partition coefficient (Wildman–Crippen LogP) is 8.45. The Kier molecular flexibility index (Phi) is 10.5. The van der Waals surface area contributed by atoms with Gasteiger partial charge in [-0.25, -0.2) is 0 Å². The molecule has 1 aromatic heterocycles. The number of nitrogens with zero attached hydrogens (tertiary/aromatic N) is 1. The molecule has 5 aromatic rings. The fourth-order valence-electron chi connectivity index (χ4n) is 6.64. The average Bonchev–Trinajstić information content (AvgIpc) is 3.60. The summed E-state index contributed by atoms with van der Waals surface area (Å²) < 4.78 is 47.0. The van der Waals surface area contributed by atoms with E-state index in [1.807, 2.05) is 66.7 Å². The highest BCUT2D eigenvalue weighted by Crippen LogP contribution is 2.43. The molecule has 0 spiro atoms. The summed E-state index contributed by atoms with van der Waals surface area (Å²) in [7, 11) is -6.75. The van der Waals surface area contributed by atoms with E-state index in [9.17, 15) is 8.42 Å². The average molecular weight is 741 g/mol. The molecule has 252 valence electrons. The van der Waals surface area contributed by atoms with Crippen molar-refractivity contribution in [2.75, 3.05) is 12.9 Å². The van der Waals surface area contributed by atoms with Crippen LogP contribution in [-0.2, 0) is 29.2 Å². The van der Waals surface area contributed by atoms with E-state index in [-0.39, 0.29) is 11.6 Å². The maximum absolute atomic E-state index is 12.6. The van der Waals surface area contributed by atoms with Crippen LogP contribution in [-0.4, -0.2) is 46.4 Å². The molecule has 0 unspecified atom stereocenters. The lowest BCUT2D eigenvalue weighted by atomic mass is 10.2. The molecular formula is C37H39Cl2NO5S2Si. The Morgan fingerprint density at radius 1 is 0.875 bits per heavy atom. The van der Waals surface area contributed by atoms with Gasteiger partial charge in [0, 0.05) is 17.6 Å². The van der Waals surface area contributed by atoms with Gasteiger partial charge in [-0.05, 0) is 39.2 Å². The van der Waals surface area contributed by atoms with Crippen molar-refractivity contribution in [3.63, 3.8) is 0 Å². The van der Waals surface area contributed by atoms with Gasteiger partial charge in [-0.3, -0.25) is 4.18 Å². The molecule has 48 heavy (non-hydrogen) atoms. The molecule has 0 bridgehead atoms. The first-order chi connectivity index (χ1) is 22.9. The fraction of sp³-hybridized carbons (Fsp3) is 0.297. The van der Waals surface area contributed by atoms with E-state index in [4.69, 9.17) is 36.5 Å². The molecule has 3 atom stereocenters. The second-order valence-electron chi connectivity index (χ2n) is 13.1. The van der Waals surface area contributed by atoms with Crippen molar-refractivity contribution >= 4 is 74.7 Å². The van der Waals surface area contributed by atoms with Crippen molar-refractivity contribution in [2.24, 2.45) is 0 Å². The maximum atomic E-state index is 12.6. The summed E-state index contributed by atoms with van der Waals surface area (Å²) in [5.74, 6) is 0.731. The first-order valence-corrected chi connectivity index (χ1v) is 21.3. The van der Waals surface area contributed by atoms with E-state index in [0.717, 1.165) is 38.3 Å². The lowest BCUT2D eigenvalue weighted by Crippen LogP contribution is -2.67. The molecule has 6 nitrogen and oxygen atoms in total. The Balaban J connectivity index is 1.38. The molecule has 6 rings (SSSR count). The Labute approximate surface area is 298 Å². The molecule has 11 heteroatoms. The number of aromatic nitrogens is 1. The topological polar surface area (TPSA) is 66.8 Å². The third kappa shape index (κ3) is 7.44. The number of hydrogen-bond acceptors (Lipinski definition) is 6. The summed E-state index contributed by atoms with van der Waals surface area (Å²) in [5, 5.41) is 4.73. The zero-order valence-electron chi connectivity index (χ0n) is 27.3. The Morgan fingerprint density at radius 3 is 2.00 bits per heavy atom. The Hall–Kier alpha value is -2.60. The zero-order valence-corrected chi connectivity index (χ0v) is 31.5. The zero-order chi connectivity index (χ0) is 34.1. The van der Waals surface area contributed by atoms with Gasteiger partial charge in [0.1, 0.15) is 18.4 Å². The summed E-state index contributed by atoms with van der Waals surface area (Å²) in [4.78, 5) is 0. The first kappa shape index (κ1) is 35.2. The molecule has 0 N–H and O–H groups in total. The monoisotopic (exact) mass is 739 g/mol. The van der Waals surface area contributed by atoms with Gasteiger partial charge in [0.15, 0.2) is 0 Å². The van der Waals surface area contributed by atoms with Gasteiger partial charge in [0.05, 0.1) is 33.5 Å². The highest BCUT2D eigenvalue weighted by Gasteiger charge is 2.51. The molecule has 0 saturated carbocycles. The van der Waals surface area contributed by atoms with Crippen molar-refractivity contribution in [2.45, 2.75) is 61.4 Å². The lowest BCUT2D eigenvalue weighted by Gasteiger charge is -2.43. The molecule has 1 saturated heterocycles. The van der Waals surface area contributed by atoms with Crippen LogP contribution in [0.25, 0.3) is 10.9 Å². The van der Waals surface area contributed by atoms with E-state index < -0.39 is 36.9 Å². The minimum Gasteiger partial charge on any atom is -0.405 e. The predicted molar refractivity (Wildman–Crippen MR) is 200 cm³/mol. The minimum absolute atomic E-state index is 0.141. The van der Waals surface area contributed by atoms with Crippen molar-refractivity contribution in [3.05, 3.63) is 125 Å². The Morgan fingerprint density at radius 2 is 1.44 bits per heavy atom. The lowest BCUT2D eigenvalue weighted by molar-refractivity contribution is -0.0373. The number of fused-ring (bicyclic) bond motifs is 1. The quantitative estimate of drug-likeness (QED) is 0.0770. The summed E-state index contributed by atoms with van der Waals surface area (Å²) in [6.07, 6.45) is -0.606. The summed E-state index contributed by atoms with van der Waals surface area (Å²) in [6.45, 7) is 6.76. The first-order valence-electron chi connectivity index (χ1n) is 15.8. The standard InChI is InChI=1S/C37H39Cl2NO5S2Si/c1-37(2,3)48(28-16-10-6-11-17-28,29-18-12-7-13-19-29)43-24-34-33(45-47(4,41)42)23-35(44-34)40-32-22-31(39)30(38)20-27(32)21-36(40)46-25-26-14-8-5-9-15-26/h5-22,33-35H,23-25H2,1-4H3/t33-,34+,35+/m0/s1. The van der Waals surface area contributed by atoms with Crippen LogP contribution < -0.4 is 10.4 Å². The number of rotatable bonds is 11. The van der Waals surface area contributed by atoms with Crippen molar-refractivity contribution in [1.82, 2.24) is 4.57 Å². The van der Waals surface area contributed by atoms with Crippen LogP contribution in [0.4, 0.5) is 0 Å². The van der Waals surface area contributed by atoms with Crippen LogP contribution in [0.2, 0.25) is 15.1 Å². The third-order valence-corrected chi connectivity index (χ3v) is 16.1. The van der Waals surface area contributed by atoms with Crippen LogP contribution in [0.15, 0.2) is 114 Å². The molecule has 1 aliphatic heterocycles. The van der Waals surface area contributed by atoms with E-state index in [0.29, 0.717) is 16.5 Å². The summed E-state index contributed by atoms with van der Waals surface area (Å²) in [5.41, 5.74) is 2.02. The van der Waals surface area contributed by atoms with Crippen LogP contribution in [0.3, 0.4) is 0 Å². The third-order valence-electron chi connectivity index (χ3n) is 8.72. The van der Waals surface area contributed by atoms with Gasteiger partial charge in [0.25, 0.3) is 18.4 Å². The number of benzene rings is 4. The molecule has 1 fully saturated rings. The minimum atomic E-state index is -3.81. The van der Waals surface area contributed by atoms with Gasteiger partial charge in [-0.15, -0.1) is 11.8 Å². The van der Waals surface area contributed by atoms with Gasteiger partial charge >= 0.3 is 0 Å². The molecule has 0 amide bonds. The fourth-order valence-corrected chi connectivity index (χ4v) is 13.3. The second-order valence-corrected chi connectivity index (χ2v) is 20.8. The number of halogens is 2. The van der Waals surface area contributed by atoms with Gasteiger partial charge in [-0.2, -0.15) is 8.42 Å². The van der Waals surface area contributed by atoms with Crippen molar-refractivity contribution in [3.8, 4) is 0 Å². The van der Waals surface area contributed by atoms with E-state index in [1.165, 1.54) is 5.56 Å². The molecule has 2 heterocycles. The largest absolute Gasteiger partial charge is 0.405 e. The van der Waals surface area contributed by atoms with Crippen LogP contribution in [0.5, 0.6) is 0 Å². The maximum Gasteiger partial charge on any atom is 0.264 e. The summed E-state index contributed by atoms with van der Waals surface area (Å²) >= 11 is 14.7. The summed E-state index contributed by atoms with van der Waals surface area (Å²) in [6, 6.07) is 36.7.